The van der Waals surface area contributed by atoms with Crippen molar-refractivity contribution in [3.8, 4) is 5.75 Å². The number of ether oxygens (including phenoxy) is 1. The third-order valence-electron chi connectivity index (χ3n) is 4.47. The summed E-state index contributed by atoms with van der Waals surface area (Å²) in [5.41, 5.74) is 0.0841. The maximum atomic E-state index is 12.8. The summed E-state index contributed by atoms with van der Waals surface area (Å²) in [5.74, 6) is 0.183. The van der Waals surface area contributed by atoms with Crippen molar-refractivity contribution in [2.75, 3.05) is 6.61 Å². The highest BCUT2D eigenvalue weighted by Gasteiger charge is 2.35. The first-order valence-corrected chi connectivity index (χ1v) is 9.24. The van der Waals surface area contributed by atoms with E-state index in [4.69, 9.17) is 9.15 Å². The number of nitrogens with zero attached hydrogens (tertiary/aromatic N) is 3. The summed E-state index contributed by atoms with van der Waals surface area (Å²) in [4.78, 5) is 16.9. The molecule has 1 aliphatic rings. The number of hydrogen-bond acceptors (Lipinski definition) is 6. The number of amides is 1. The Morgan fingerprint density at radius 2 is 2.00 bits per heavy atom. The lowest BCUT2D eigenvalue weighted by Gasteiger charge is -2.28. The molecule has 1 saturated carbocycles. The molecule has 0 saturated heterocycles. The fraction of sp³-hybridized carbons (Fsp3) is 0.579. The first-order valence-electron chi connectivity index (χ1n) is 9.24. The molecule has 2 aromatic rings. The summed E-state index contributed by atoms with van der Waals surface area (Å²) >= 11 is 0. The average Bonchev–Trinajstić information content (AvgIpc) is 3.37. The van der Waals surface area contributed by atoms with Gasteiger partial charge in [-0.25, -0.2) is 0 Å². The second kappa shape index (κ2) is 7.64. The van der Waals surface area contributed by atoms with E-state index in [1.807, 2.05) is 20.8 Å². The molecule has 1 amide bonds. The van der Waals surface area contributed by atoms with Gasteiger partial charge in [-0.1, -0.05) is 20.8 Å². The van der Waals surface area contributed by atoms with E-state index in [0.29, 0.717) is 11.5 Å². The van der Waals surface area contributed by atoms with Crippen LogP contribution in [0.25, 0.3) is 0 Å². The number of carbonyl (C=O) groups excluding carboxylic acids is 1. The van der Waals surface area contributed by atoms with Gasteiger partial charge in [0.05, 0.1) is 0 Å². The van der Waals surface area contributed by atoms with Crippen molar-refractivity contribution in [1.82, 2.24) is 20.5 Å². The second-order valence-electron chi connectivity index (χ2n) is 8.22. The molecule has 0 radical (unpaired) electrons. The molecule has 10 heteroatoms. The molecule has 1 aliphatic carbocycles. The number of nitrogens with one attached hydrogen (secondary N) is 1. The van der Waals surface area contributed by atoms with Crippen molar-refractivity contribution >= 4 is 5.91 Å². The second-order valence-corrected chi connectivity index (χ2v) is 8.22. The normalized spacial score (nSPS) is 15.8. The first-order chi connectivity index (χ1) is 13.4. The van der Waals surface area contributed by atoms with Crippen molar-refractivity contribution in [2.45, 2.75) is 58.7 Å². The molecule has 7 nitrogen and oxygen atoms in total. The lowest BCUT2D eigenvalue weighted by Crippen LogP contribution is -2.37. The lowest BCUT2D eigenvalue weighted by molar-refractivity contribution is -0.153. The molecular formula is C19H23F3N4O3. The van der Waals surface area contributed by atoms with Crippen LogP contribution in [0.2, 0.25) is 0 Å². The van der Waals surface area contributed by atoms with Gasteiger partial charge in [-0.15, -0.1) is 10.2 Å². The Bertz CT molecular complexity index is 886. The molecule has 158 valence electrons. The third-order valence-corrected chi connectivity index (χ3v) is 4.47. The van der Waals surface area contributed by atoms with E-state index in [9.17, 15) is 18.0 Å². The highest BCUT2D eigenvalue weighted by Crippen LogP contribution is 2.44. The molecule has 1 N–H and O–H groups in total. The number of pyridine rings is 1. The zero-order valence-electron chi connectivity index (χ0n) is 16.6. The highest BCUT2D eigenvalue weighted by atomic mass is 19.4. The van der Waals surface area contributed by atoms with Gasteiger partial charge >= 0.3 is 6.18 Å². The summed E-state index contributed by atoms with van der Waals surface area (Å²) in [6.07, 6.45) is -1.34. The minimum Gasteiger partial charge on any atom is -0.484 e. The van der Waals surface area contributed by atoms with Crippen molar-refractivity contribution < 1.29 is 27.1 Å². The Labute approximate surface area is 166 Å². The van der Waals surface area contributed by atoms with Gasteiger partial charge < -0.3 is 14.5 Å². The maximum Gasteiger partial charge on any atom is 0.422 e. The van der Waals surface area contributed by atoms with E-state index < -0.39 is 30.1 Å². The number of aromatic nitrogens is 3. The number of carbonyl (C=O) groups is 1. The zero-order valence-corrected chi connectivity index (χ0v) is 16.6. The zero-order chi connectivity index (χ0) is 21.4. The monoisotopic (exact) mass is 412 g/mol. The molecule has 0 spiro atoms. The molecule has 0 bridgehead atoms. The minimum atomic E-state index is -4.47. The van der Waals surface area contributed by atoms with E-state index in [1.54, 1.807) is 6.92 Å². The molecule has 0 aliphatic heterocycles. The van der Waals surface area contributed by atoms with Crippen LogP contribution in [0.1, 0.15) is 73.4 Å². The molecule has 3 rings (SSSR count). The highest BCUT2D eigenvalue weighted by molar-refractivity contribution is 5.93. The maximum absolute atomic E-state index is 12.8. The van der Waals surface area contributed by atoms with Crippen LogP contribution in [0, 0.1) is 12.3 Å². The summed E-state index contributed by atoms with van der Waals surface area (Å²) in [7, 11) is 0. The predicted octanol–water partition coefficient (Wildman–Crippen LogP) is 4.11. The Balaban J connectivity index is 1.83. The molecular weight excluding hydrogens is 389 g/mol. The van der Waals surface area contributed by atoms with Gasteiger partial charge in [-0.3, -0.25) is 9.78 Å². The number of halogens is 3. The Hall–Kier alpha value is -2.65. The Morgan fingerprint density at radius 1 is 1.31 bits per heavy atom. The van der Waals surface area contributed by atoms with Crippen LogP contribution in [-0.4, -0.2) is 33.9 Å². The van der Waals surface area contributed by atoms with Crippen molar-refractivity contribution in [3.05, 3.63) is 35.3 Å². The topological polar surface area (TPSA) is 90.1 Å². The molecule has 29 heavy (non-hydrogen) atoms. The quantitative estimate of drug-likeness (QED) is 0.768. The molecule has 2 aromatic heterocycles. The van der Waals surface area contributed by atoms with Crippen LogP contribution >= 0.6 is 0 Å². The van der Waals surface area contributed by atoms with Gasteiger partial charge in [0.25, 0.3) is 5.91 Å². The summed E-state index contributed by atoms with van der Waals surface area (Å²) < 4.78 is 48.2. The van der Waals surface area contributed by atoms with E-state index >= 15 is 0 Å². The Morgan fingerprint density at radius 3 is 2.52 bits per heavy atom. The summed E-state index contributed by atoms with van der Waals surface area (Å²) in [6.45, 7) is 5.88. The third kappa shape index (κ3) is 5.45. The van der Waals surface area contributed by atoms with E-state index in [1.165, 1.54) is 12.3 Å². The van der Waals surface area contributed by atoms with E-state index in [-0.39, 0.29) is 23.3 Å². The van der Waals surface area contributed by atoms with Crippen LogP contribution in [0.3, 0.4) is 0 Å². The number of alkyl halides is 3. The van der Waals surface area contributed by atoms with Gasteiger partial charge in [0.15, 0.2) is 6.61 Å². The lowest BCUT2D eigenvalue weighted by atomic mass is 9.86. The molecule has 0 aromatic carbocycles. The van der Waals surface area contributed by atoms with Crippen LogP contribution in [0.4, 0.5) is 13.2 Å². The fourth-order valence-electron chi connectivity index (χ4n) is 2.84. The first kappa shape index (κ1) is 21.1. The number of hydrogen-bond donors (Lipinski definition) is 1. The van der Waals surface area contributed by atoms with Gasteiger partial charge in [-0.2, -0.15) is 13.2 Å². The van der Waals surface area contributed by atoms with Gasteiger partial charge in [0.2, 0.25) is 11.8 Å². The summed E-state index contributed by atoms with van der Waals surface area (Å²) in [5, 5.41) is 10.6. The van der Waals surface area contributed by atoms with Crippen LogP contribution in [0.15, 0.2) is 16.7 Å². The largest absolute Gasteiger partial charge is 0.484 e. The van der Waals surface area contributed by atoms with Crippen molar-refractivity contribution in [1.29, 1.82) is 0 Å². The van der Waals surface area contributed by atoms with Crippen LogP contribution in [0.5, 0.6) is 5.75 Å². The van der Waals surface area contributed by atoms with Crippen molar-refractivity contribution in [2.24, 2.45) is 5.41 Å². The molecule has 1 fully saturated rings. The average molecular weight is 412 g/mol. The Kier molecular flexibility index (Phi) is 5.55. The molecule has 0 unspecified atom stereocenters. The number of aryl methyl sites for hydroxylation is 1. The standard InChI is InChI=1S/C19H23F3N4O3/c1-10-25-26-17(29-10)15(18(2,3)4)24-16(27)13-7-14(28-9-19(20,21)22)12(8-23-13)11-5-6-11/h7-8,11,15H,5-6,9H2,1-4H3,(H,24,27)/t15-/m1/s1. The van der Waals surface area contributed by atoms with E-state index in [0.717, 1.165) is 12.8 Å². The van der Waals surface area contributed by atoms with Crippen LogP contribution in [-0.2, 0) is 0 Å². The minimum absolute atomic E-state index is 0.0333. The van der Waals surface area contributed by atoms with Crippen LogP contribution < -0.4 is 10.1 Å². The molecule has 2 heterocycles. The van der Waals surface area contributed by atoms with Crippen molar-refractivity contribution in [3.63, 3.8) is 0 Å². The van der Waals surface area contributed by atoms with Gasteiger partial charge in [-0.05, 0) is 24.2 Å². The predicted molar refractivity (Wildman–Crippen MR) is 96.5 cm³/mol. The summed E-state index contributed by atoms with van der Waals surface area (Å²) in [6, 6.07) is 0.647. The number of rotatable bonds is 6. The SMILES string of the molecule is Cc1nnc([C@@H](NC(=O)c2cc(OCC(F)(F)F)c(C3CC3)cn2)C(C)(C)C)o1. The molecule has 1 atom stereocenters. The fourth-order valence-corrected chi connectivity index (χ4v) is 2.84. The van der Waals surface area contributed by atoms with Gasteiger partial charge in [0, 0.05) is 24.8 Å². The van der Waals surface area contributed by atoms with Gasteiger partial charge in [0.1, 0.15) is 17.5 Å². The smallest absolute Gasteiger partial charge is 0.422 e. The van der Waals surface area contributed by atoms with E-state index in [2.05, 4.69) is 20.5 Å².